The Balaban J connectivity index is 2.05. The zero-order chi connectivity index (χ0) is 15.2. The summed E-state index contributed by atoms with van der Waals surface area (Å²) in [6, 6.07) is 12.9. The first-order chi connectivity index (χ1) is 10.1. The molecule has 0 aromatic heterocycles. The van der Waals surface area contributed by atoms with Crippen molar-refractivity contribution in [2.45, 2.75) is 6.54 Å². The summed E-state index contributed by atoms with van der Waals surface area (Å²) in [6.07, 6.45) is 0. The molecule has 0 spiro atoms. The lowest BCUT2D eigenvalue weighted by molar-refractivity contribution is -0.385. The fraction of sp³-hybridized carbons (Fsp3) is 0.133. The van der Waals surface area contributed by atoms with Crippen molar-refractivity contribution in [1.82, 2.24) is 5.32 Å². The molecule has 6 heteroatoms. The predicted octanol–water partition coefficient (Wildman–Crippen LogP) is 2.53. The van der Waals surface area contributed by atoms with Crippen LogP contribution in [0.15, 0.2) is 48.5 Å². The minimum absolute atomic E-state index is 0.00692. The van der Waals surface area contributed by atoms with E-state index in [0.717, 1.165) is 0 Å². The van der Waals surface area contributed by atoms with Crippen molar-refractivity contribution in [3.8, 4) is 5.75 Å². The second-order valence-electron chi connectivity index (χ2n) is 4.30. The summed E-state index contributed by atoms with van der Waals surface area (Å²) in [5.74, 6) is 0.362. The molecule has 0 atom stereocenters. The SMILES string of the molecule is COc1ccc(C(=O)NCc2ccccc2[N+](=O)[O-])cc1. The second kappa shape index (κ2) is 6.51. The number of rotatable bonds is 5. The van der Waals surface area contributed by atoms with Crippen molar-refractivity contribution in [2.24, 2.45) is 0 Å². The van der Waals surface area contributed by atoms with E-state index in [2.05, 4.69) is 5.32 Å². The fourth-order valence-corrected chi connectivity index (χ4v) is 1.86. The first kappa shape index (κ1) is 14.5. The molecule has 2 aromatic rings. The maximum atomic E-state index is 12.0. The van der Waals surface area contributed by atoms with Crippen LogP contribution in [-0.4, -0.2) is 17.9 Å². The smallest absolute Gasteiger partial charge is 0.274 e. The Labute approximate surface area is 121 Å². The number of carbonyl (C=O) groups excluding carboxylic acids is 1. The molecule has 0 heterocycles. The van der Waals surface area contributed by atoms with Crippen LogP contribution < -0.4 is 10.1 Å². The summed E-state index contributed by atoms with van der Waals surface area (Å²) in [7, 11) is 1.55. The third-order valence-corrected chi connectivity index (χ3v) is 2.98. The first-order valence-electron chi connectivity index (χ1n) is 6.26. The number of nitrogens with zero attached hydrogens (tertiary/aromatic N) is 1. The lowest BCUT2D eigenvalue weighted by atomic mass is 10.1. The van der Waals surface area contributed by atoms with Gasteiger partial charge in [-0.3, -0.25) is 14.9 Å². The van der Waals surface area contributed by atoms with Crippen LogP contribution >= 0.6 is 0 Å². The van der Waals surface area contributed by atoms with E-state index in [1.807, 2.05) is 0 Å². The van der Waals surface area contributed by atoms with E-state index >= 15 is 0 Å². The van der Waals surface area contributed by atoms with Gasteiger partial charge in [0.1, 0.15) is 5.75 Å². The lowest BCUT2D eigenvalue weighted by Gasteiger charge is -2.06. The molecule has 108 valence electrons. The highest BCUT2D eigenvalue weighted by Crippen LogP contribution is 2.17. The number of hydrogen-bond donors (Lipinski definition) is 1. The second-order valence-corrected chi connectivity index (χ2v) is 4.30. The van der Waals surface area contributed by atoms with Crippen LogP contribution in [0, 0.1) is 10.1 Å². The van der Waals surface area contributed by atoms with E-state index in [1.54, 1.807) is 49.6 Å². The lowest BCUT2D eigenvalue weighted by Crippen LogP contribution is -2.23. The van der Waals surface area contributed by atoms with Crippen molar-refractivity contribution in [2.75, 3.05) is 7.11 Å². The van der Waals surface area contributed by atoms with Gasteiger partial charge in [-0.2, -0.15) is 0 Å². The Hall–Kier alpha value is -2.89. The molecular weight excluding hydrogens is 272 g/mol. The van der Waals surface area contributed by atoms with Gasteiger partial charge in [-0.25, -0.2) is 0 Å². The largest absolute Gasteiger partial charge is 0.497 e. The maximum absolute atomic E-state index is 12.0. The van der Waals surface area contributed by atoms with Crippen molar-refractivity contribution >= 4 is 11.6 Å². The maximum Gasteiger partial charge on any atom is 0.274 e. The van der Waals surface area contributed by atoms with E-state index in [0.29, 0.717) is 16.9 Å². The van der Waals surface area contributed by atoms with Crippen molar-refractivity contribution in [3.63, 3.8) is 0 Å². The third kappa shape index (κ3) is 3.56. The standard InChI is InChI=1S/C15H14N2O4/c1-21-13-8-6-11(7-9-13)15(18)16-10-12-4-2-3-5-14(12)17(19)20/h2-9H,10H2,1H3,(H,16,18). The normalized spacial score (nSPS) is 9.95. The zero-order valence-electron chi connectivity index (χ0n) is 11.4. The molecule has 0 aliphatic rings. The van der Waals surface area contributed by atoms with Gasteiger partial charge in [-0.1, -0.05) is 18.2 Å². The predicted molar refractivity (Wildman–Crippen MR) is 77.3 cm³/mol. The summed E-state index contributed by atoms with van der Waals surface area (Å²) in [6.45, 7) is 0.0992. The highest BCUT2D eigenvalue weighted by Gasteiger charge is 2.13. The van der Waals surface area contributed by atoms with Crippen molar-refractivity contribution in [3.05, 3.63) is 69.8 Å². The van der Waals surface area contributed by atoms with Crippen LogP contribution in [0.5, 0.6) is 5.75 Å². The number of methoxy groups -OCH3 is 1. The van der Waals surface area contributed by atoms with Crippen molar-refractivity contribution in [1.29, 1.82) is 0 Å². The minimum Gasteiger partial charge on any atom is -0.497 e. The minimum atomic E-state index is -0.463. The quantitative estimate of drug-likeness (QED) is 0.676. The van der Waals surface area contributed by atoms with E-state index in [9.17, 15) is 14.9 Å². The highest BCUT2D eigenvalue weighted by molar-refractivity contribution is 5.94. The van der Waals surface area contributed by atoms with Gasteiger partial charge in [-0.15, -0.1) is 0 Å². The molecule has 0 aliphatic heterocycles. The number of nitrogens with one attached hydrogen (secondary N) is 1. The number of nitro groups is 1. The number of ether oxygens (including phenoxy) is 1. The Bertz CT molecular complexity index is 653. The molecule has 1 amide bonds. The van der Waals surface area contributed by atoms with E-state index < -0.39 is 4.92 Å². The molecule has 0 saturated heterocycles. The van der Waals surface area contributed by atoms with Gasteiger partial charge in [-0.05, 0) is 24.3 Å². The number of para-hydroxylation sites is 1. The van der Waals surface area contributed by atoms with Crippen LogP contribution in [0.1, 0.15) is 15.9 Å². The molecule has 0 aliphatic carbocycles. The van der Waals surface area contributed by atoms with Crippen LogP contribution in [0.2, 0.25) is 0 Å². The van der Waals surface area contributed by atoms with Crippen molar-refractivity contribution < 1.29 is 14.5 Å². The van der Waals surface area contributed by atoms with Crippen LogP contribution in [0.3, 0.4) is 0 Å². The molecule has 0 unspecified atom stereocenters. The Kier molecular flexibility index (Phi) is 4.50. The Morgan fingerprint density at radius 2 is 1.86 bits per heavy atom. The van der Waals surface area contributed by atoms with Crippen LogP contribution in [0.4, 0.5) is 5.69 Å². The topological polar surface area (TPSA) is 81.5 Å². The van der Waals surface area contributed by atoms with E-state index in [4.69, 9.17) is 4.74 Å². The summed E-state index contributed by atoms with van der Waals surface area (Å²) in [5.41, 5.74) is 0.922. The van der Waals surface area contributed by atoms with Gasteiger partial charge in [0.25, 0.3) is 11.6 Å². The number of nitro benzene ring substituents is 1. The molecule has 0 radical (unpaired) electrons. The average Bonchev–Trinajstić information content (AvgIpc) is 2.52. The molecule has 0 saturated carbocycles. The number of amides is 1. The van der Waals surface area contributed by atoms with Crippen LogP contribution in [-0.2, 0) is 6.54 Å². The van der Waals surface area contributed by atoms with Gasteiger partial charge in [0.15, 0.2) is 0 Å². The zero-order valence-corrected chi connectivity index (χ0v) is 11.4. The molecule has 21 heavy (non-hydrogen) atoms. The van der Waals surface area contributed by atoms with E-state index in [-0.39, 0.29) is 18.1 Å². The molecule has 2 rings (SSSR count). The molecule has 0 fully saturated rings. The van der Waals surface area contributed by atoms with Crippen LogP contribution in [0.25, 0.3) is 0 Å². The Morgan fingerprint density at radius 3 is 2.48 bits per heavy atom. The summed E-state index contributed by atoms with van der Waals surface area (Å²) >= 11 is 0. The molecule has 0 bridgehead atoms. The fourth-order valence-electron chi connectivity index (χ4n) is 1.86. The number of hydrogen-bond acceptors (Lipinski definition) is 4. The average molecular weight is 286 g/mol. The molecule has 2 aromatic carbocycles. The monoisotopic (exact) mass is 286 g/mol. The molecule has 6 nitrogen and oxygen atoms in total. The number of carbonyl (C=O) groups is 1. The van der Waals surface area contributed by atoms with Gasteiger partial charge in [0.05, 0.1) is 12.0 Å². The van der Waals surface area contributed by atoms with Gasteiger partial charge in [0, 0.05) is 23.7 Å². The summed E-state index contributed by atoms with van der Waals surface area (Å²) in [5, 5.41) is 13.5. The molecule has 1 N–H and O–H groups in total. The first-order valence-corrected chi connectivity index (χ1v) is 6.26. The Morgan fingerprint density at radius 1 is 1.19 bits per heavy atom. The van der Waals surface area contributed by atoms with E-state index in [1.165, 1.54) is 6.07 Å². The number of benzene rings is 2. The summed E-state index contributed by atoms with van der Waals surface area (Å²) < 4.78 is 5.01. The van der Waals surface area contributed by atoms with Gasteiger partial charge >= 0.3 is 0 Å². The van der Waals surface area contributed by atoms with Gasteiger partial charge < -0.3 is 10.1 Å². The molecular formula is C15H14N2O4. The van der Waals surface area contributed by atoms with Gasteiger partial charge in [0.2, 0.25) is 0 Å². The third-order valence-electron chi connectivity index (χ3n) is 2.98. The summed E-state index contributed by atoms with van der Waals surface area (Å²) in [4.78, 5) is 22.4. The highest BCUT2D eigenvalue weighted by atomic mass is 16.6.